The molecule has 0 unspecified atom stereocenters. The second-order valence-corrected chi connectivity index (χ2v) is 6.67. The van der Waals surface area contributed by atoms with Crippen molar-refractivity contribution in [2.24, 2.45) is 5.41 Å². The molecule has 1 saturated heterocycles. The van der Waals surface area contributed by atoms with Crippen LogP contribution < -0.4 is 4.90 Å². The molecule has 1 aromatic rings. The number of benzene rings is 1. The van der Waals surface area contributed by atoms with Gasteiger partial charge in [0.25, 0.3) is 0 Å². The molecule has 5 nitrogen and oxygen atoms in total. The average molecular weight is 288 g/mol. The molecule has 0 aromatic heterocycles. The molecule has 0 spiro atoms. The summed E-state index contributed by atoms with van der Waals surface area (Å²) in [4.78, 5) is 27.3. The van der Waals surface area contributed by atoms with Gasteiger partial charge in [-0.25, -0.2) is 9.59 Å². The SMILES string of the molecule is CC1(C)CCN(C(=O)N2CCc3cc(C(=O)O)ccc32)C1. The molecule has 21 heavy (non-hydrogen) atoms. The maximum Gasteiger partial charge on any atom is 0.335 e. The van der Waals surface area contributed by atoms with Crippen molar-refractivity contribution in [1.82, 2.24) is 4.90 Å². The number of amides is 2. The highest BCUT2D eigenvalue weighted by molar-refractivity contribution is 5.96. The molecule has 1 fully saturated rings. The summed E-state index contributed by atoms with van der Waals surface area (Å²) in [5.41, 5.74) is 2.27. The van der Waals surface area contributed by atoms with Gasteiger partial charge in [0, 0.05) is 25.3 Å². The lowest BCUT2D eigenvalue weighted by molar-refractivity contribution is 0.0697. The summed E-state index contributed by atoms with van der Waals surface area (Å²) in [6, 6.07) is 5.05. The van der Waals surface area contributed by atoms with Crippen molar-refractivity contribution in [2.45, 2.75) is 26.7 Å². The topological polar surface area (TPSA) is 60.9 Å². The van der Waals surface area contributed by atoms with Crippen LogP contribution in [0.2, 0.25) is 0 Å². The number of fused-ring (bicyclic) bond motifs is 1. The van der Waals surface area contributed by atoms with Crippen LogP contribution in [0.4, 0.5) is 10.5 Å². The molecular formula is C16H20N2O3. The third-order valence-electron chi connectivity index (χ3n) is 4.40. The summed E-state index contributed by atoms with van der Waals surface area (Å²) in [6.45, 7) is 6.57. The van der Waals surface area contributed by atoms with Crippen molar-refractivity contribution >= 4 is 17.7 Å². The minimum absolute atomic E-state index is 0.0439. The molecular weight excluding hydrogens is 268 g/mol. The second-order valence-electron chi connectivity index (χ2n) is 6.67. The Bertz CT molecular complexity index is 610. The van der Waals surface area contributed by atoms with E-state index in [1.54, 1.807) is 23.1 Å². The molecule has 3 rings (SSSR count). The van der Waals surface area contributed by atoms with E-state index in [0.717, 1.165) is 37.2 Å². The zero-order chi connectivity index (χ0) is 15.2. The first-order valence-corrected chi connectivity index (χ1v) is 7.30. The fraction of sp³-hybridized carbons (Fsp3) is 0.500. The van der Waals surface area contributed by atoms with Crippen molar-refractivity contribution in [2.75, 3.05) is 24.5 Å². The van der Waals surface area contributed by atoms with Gasteiger partial charge in [-0.15, -0.1) is 0 Å². The summed E-state index contributed by atoms with van der Waals surface area (Å²) in [5.74, 6) is -0.927. The molecule has 0 atom stereocenters. The number of anilines is 1. The number of aromatic carboxylic acids is 1. The van der Waals surface area contributed by atoms with Crippen molar-refractivity contribution in [1.29, 1.82) is 0 Å². The Morgan fingerprint density at radius 2 is 2.00 bits per heavy atom. The summed E-state index contributed by atoms with van der Waals surface area (Å²) in [6.07, 6.45) is 1.75. The maximum absolute atomic E-state index is 12.7. The Morgan fingerprint density at radius 1 is 1.24 bits per heavy atom. The van der Waals surface area contributed by atoms with Gasteiger partial charge in [0.2, 0.25) is 0 Å². The predicted molar refractivity (Wildman–Crippen MR) is 79.8 cm³/mol. The van der Waals surface area contributed by atoms with Gasteiger partial charge >= 0.3 is 12.0 Å². The molecule has 2 aliphatic rings. The van der Waals surface area contributed by atoms with Gasteiger partial charge in [0.05, 0.1) is 5.56 Å². The van der Waals surface area contributed by atoms with Gasteiger partial charge in [-0.05, 0) is 42.0 Å². The first-order chi connectivity index (χ1) is 9.87. The van der Waals surface area contributed by atoms with Gasteiger partial charge in [-0.2, -0.15) is 0 Å². The Kier molecular flexibility index (Phi) is 3.15. The van der Waals surface area contributed by atoms with Crippen LogP contribution >= 0.6 is 0 Å². The van der Waals surface area contributed by atoms with Crippen LogP contribution in [0.25, 0.3) is 0 Å². The summed E-state index contributed by atoms with van der Waals surface area (Å²) < 4.78 is 0. The van der Waals surface area contributed by atoms with Gasteiger partial charge in [-0.3, -0.25) is 4.90 Å². The molecule has 2 aliphatic heterocycles. The maximum atomic E-state index is 12.7. The van der Waals surface area contributed by atoms with Crippen molar-refractivity contribution < 1.29 is 14.7 Å². The van der Waals surface area contributed by atoms with E-state index in [9.17, 15) is 9.59 Å². The van der Waals surface area contributed by atoms with E-state index in [1.165, 1.54) is 0 Å². The van der Waals surface area contributed by atoms with E-state index in [1.807, 2.05) is 4.90 Å². The molecule has 0 radical (unpaired) electrons. The van der Waals surface area contributed by atoms with E-state index in [0.29, 0.717) is 6.54 Å². The largest absolute Gasteiger partial charge is 0.478 e. The van der Waals surface area contributed by atoms with Gasteiger partial charge in [0.1, 0.15) is 0 Å². The zero-order valence-electron chi connectivity index (χ0n) is 12.4. The van der Waals surface area contributed by atoms with E-state index in [-0.39, 0.29) is 17.0 Å². The van der Waals surface area contributed by atoms with Crippen molar-refractivity contribution in [3.8, 4) is 0 Å². The van der Waals surface area contributed by atoms with E-state index in [2.05, 4.69) is 13.8 Å². The summed E-state index contributed by atoms with van der Waals surface area (Å²) in [7, 11) is 0. The fourth-order valence-corrected chi connectivity index (χ4v) is 3.18. The lowest BCUT2D eigenvalue weighted by Crippen LogP contribution is -2.41. The molecule has 5 heteroatoms. The van der Waals surface area contributed by atoms with Gasteiger partial charge < -0.3 is 10.0 Å². The van der Waals surface area contributed by atoms with Crippen LogP contribution in [0.1, 0.15) is 36.2 Å². The van der Waals surface area contributed by atoms with Gasteiger partial charge in [-0.1, -0.05) is 13.8 Å². The van der Waals surface area contributed by atoms with Crippen LogP contribution in [0.5, 0.6) is 0 Å². The lowest BCUT2D eigenvalue weighted by atomic mass is 9.93. The normalized spacial score (nSPS) is 19.7. The highest BCUT2D eigenvalue weighted by Crippen LogP contribution is 2.33. The Balaban J connectivity index is 1.81. The summed E-state index contributed by atoms with van der Waals surface area (Å²) >= 11 is 0. The Morgan fingerprint density at radius 3 is 2.62 bits per heavy atom. The number of carbonyl (C=O) groups excluding carboxylic acids is 1. The average Bonchev–Trinajstić information content (AvgIpc) is 3.00. The quantitative estimate of drug-likeness (QED) is 0.864. The minimum Gasteiger partial charge on any atom is -0.478 e. The molecule has 112 valence electrons. The standard InChI is InChI=1S/C16H20N2O3/c1-16(2)6-8-17(10-16)15(21)18-7-5-11-9-12(14(19)20)3-4-13(11)18/h3-4,9H,5-8,10H2,1-2H3,(H,19,20). The van der Waals surface area contributed by atoms with E-state index in [4.69, 9.17) is 5.11 Å². The molecule has 2 amide bonds. The van der Waals surface area contributed by atoms with Crippen molar-refractivity contribution in [3.63, 3.8) is 0 Å². The third kappa shape index (κ3) is 2.48. The molecule has 1 N–H and O–H groups in total. The second kappa shape index (κ2) is 4.76. The molecule has 2 heterocycles. The van der Waals surface area contributed by atoms with Crippen LogP contribution in [-0.2, 0) is 6.42 Å². The van der Waals surface area contributed by atoms with Crippen molar-refractivity contribution in [3.05, 3.63) is 29.3 Å². The smallest absolute Gasteiger partial charge is 0.335 e. The molecule has 0 aliphatic carbocycles. The number of carboxylic acids is 1. The highest BCUT2D eigenvalue weighted by atomic mass is 16.4. The number of hydrogen-bond donors (Lipinski definition) is 1. The van der Waals surface area contributed by atoms with Gasteiger partial charge in [0.15, 0.2) is 0 Å². The number of carboxylic acid groups (broad SMARTS) is 1. The lowest BCUT2D eigenvalue weighted by Gasteiger charge is -2.26. The third-order valence-corrected chi connectivity index (χ3v) is 4.40. The molecule has 1 aromatic carbocycles. The number of nitrogens with zero attached hydrogens (tertiary/aromatic N) is 2. The Hall–Kier alpha value is -2.04. The Labute approximate surface area is 124 Å². The fourth-order valence-electron chi connectivity index (χ4n) is 3.18. The first-order valence-electron chi connectivity index (χ1n) is 7.30. The number of urea groups is 1. The molecule has 0 bridgehead atoms. The number of likely N-dealkylation sites (tertiary alicyclic amines) is 1. The number of hydrogen-bond acceptors (Lipinski definition) is 2. The van der Waals surface area contributed by atoms with Crippen LogP contribution in [-0.4, -0.2) is 41.6 Å². The number of carbonyl (C=O) groups is 2. The minimum atomic E-state index is -0.927. The monoisotopic (exact) mass is 288 g/mol. The zero-order valence-corrected chi connectivity index (χ0v) is 12.4. The van der Waals surface area contributed by atoms with E-state index >= 15 is 0 Å². The van der Waals surface area contributed by atoms with Crippen LogP contribution in [0, 0.1) is 5.41 Å². The molecule has 0 saturated carbocycles. The van der Waals surface area contributed by atoms with Crippen LogP contribution in [0.3, 0.4) is 0 Å². The highest BCUT2D eigenvalue weighted by Gasteiger charge is 2.36. The first kappa shape index (κ1) is 13.9. The summed E-state index contributed by atoms with van der Waals surface area (Å²) in [5, 5.41) is 9.03. The van der Waals surface area contributed by atoms with Crippen LogP contribution in [0.15, 0.2) is 18.2 Å². The predicted octanol–water partition coefficient (Wildman–Crippen LogP) is 2.60. The van der Waals surface area contributed by atoms with E-state index < -0.39 is 5.97 Å². The number of rotatable bonds is 1.